The second kappa shape index (κ2) is 10.3. The Hall–Kier alpha value is -1.41. The Kier molecular flexibility index (Phi) is 7.96. The summed E-state index contributed by atoms with van der Waals surface area (Å²) in [5.74, 6) is 0. The van der Waals surface area contributed by atoms with Crippen LogP contribution >= 0.6 is 34.8 Å². The van der Waals surface area contributed by atoms with Crippen molar-refractivity contribution in [3.05, 3.63) is 81.1 Å². The third kappa shape index (κ3) is 5.63. The van der Waals surface area contributed by atoms with Crippen LogP contribution in [0.1, 0.15) is 17.2 Å². The fraction of sp³-hybridized carbons (Fsp3) is 0.263. The van der Waals surface area contributed by atoms with Crippen LogP contribution in [-0.2, 0) is 19.0 Å². The molecule has 0 amide bonds. The van der Waals surface area contributed by atoms with E-state index in [0.717, 1.165) is 11.8 Å². The van der Waals surface area contributed by atoms with E-state index in [1.807, 2.05) is 0 Å². The Balaban J connectivity index is 1.85. The van der Waals surface area contributed by atoms with Crippen LogP contribution in [0.2, 0.25) is 15.1 Å². The molecule has 3 rings (SSSR count). The Labute approximate surface area is 191 Å². The van der Waals surface area contributed by atoms with Gasteiger partial charge < -0.3 is 0 Å². The third-order valence-corrected chi connectivity index (χ3v) is 7.03. The second-order valence-corrected chi connectivity index (χ2v) is 9.66. The molecule has 2 aromatic carbocycles. The predicted molar refractivity (Wildman–Crippen MR) is 110 cm³/mol. The normalized spacial score (nSPS) is 17.1. The fourth-order valence-electron chi connectivity index (χ4n) is 2.98. The molecule has 1 aliphatic rings. The molecule has 0 aliphatic carbocycles. The molecule has 1 heterocycles. The van der Waals surface area contributed by atoms with Crippen LogP contribution in [0.5, 0.6) is 0 Å². The zero-order valence-corrected chi connectivity index (χ0v) is 19.2. The molecule has 1 radical (unpaired) electrons. The van der Waals surface area contributed by atoms with E-state index in [1.165, 1.54) is 17.2 Å². The van der Waals surface area contributed by atoms with Gasteiger partial charge in [-0.1, -0.05) is 0 Å². The zero-order valence-electron chi connectivity index (χ0n) is 15.3. The van der Waals surface area contributed by atoms with Gasteiger partial charge in [-0.05, 0) is 0 Å². The SMILES string of the molecule is O=[Se](=O)C1N(CC(OCc2ccc(Cl)cc2)c2ccc(Cl)cc2Cl)C=CN1C(F)F. The molecule has 0 N–H and O–H groups in total. The van der Waals surface area contributed by atoms with Crippen molar-refractivity contribution in [2.75, 3.05) is 6.54 Å². The molecule has 0 fully saturated rings. The van der Waals surface area contributed by atoms with Crippen molar-refractivity contribution in [3.63, 3.8) is 0 Å². The zero-order chi connectivity index (χ0) is 21.8. The molecule has 2 unspecified atom stereocenters. The number of ether oxygens (including phenoxy) is 1. The summed E-state index contributed by atoms with van der Waals surface area (Å²) in [6, 6.07) is 11.8. The van der Waals surface area contributed by atoms with E-state index < -0.39 is 31.5 Å². The van der Waals surface area contributed by atoms with Crippen molar-refractivity contribution in [1.29, 1.82) is 0 Å². The Morgan fingerprint density at radius 2 is 1.67 bits per heavy atom. The minimum absolute atomic E-state index is 0.0101. The maximum atomic E-state index is 13.2. The predicted octanol–water partition coefficient (Wildman–Crippen LogP) is 5.43. The van der Waals surface area contributed by atoms with Gasteiger partial charge in [-0.2, -0.15) is 0 Å². The van der Waals surface area contributed by atoms with Crippen LogP contribution in [0.15, 0.2) is 54.9 Å². The molecule has 161 valence electrons. The Morgan fingerprint density at radius 3 is 2.27 bits per heavy atom. The van der Waals surface area contributed by atoms with Gasteiger partial charge in [-0.25, -0.2) is 0 Å². The Bertz CT molecular complexity index is 981. The van der Waals surface area contributed by atoms with Gasteiger partial charge in [0.25, 0.3) is 0 Å². The monoisotopic (exact) mass is 543 g/mol. The number of nitrogens with zero attached hydrogens (tertiary/aromatic N) is 2. The summed E-state index contributed by atoms with van der Waals surface area (Å²) in [6.07, 6.45) is 1.66. The fourth-order valence-corrected chi connectivity index (χ4v) is 5.18. The summed E-state index contributed by atoms with van der Waals surface area (Å²) in [7, 11) is 0. The molecule has 2 aromatic rings. The van der Waals surface area contributed by atoms with E-state index in [4.69, 9.17) is 39.5 Å². The number of hydrogen-bond donors (Lipinski definition) is 0. The summed E-state index contributed by atoms with van der Waals surface area (Å²) in [6.45, 7) is -2.78. The van der Waals surface area contributed by atoms with Gasteiger partial charge in [0.05, 0.1) is 0 Å². The van der Waals surface area contributed by atoms with E-state index in [2.05, 4.69) is 0 Å². The van der Waals surface area contributed by atoms with Gasteiger partial charge in [0, 0.05) is 0 Å². The van der Waals surface area contributed by atoms with Crippen LogP contribution in [0.25, 0.3) is 0 Å². The van der Waals surface area contributed by atoms with E-state index >= 15 is 0 Å². The minimum atomic E-state index is -3.82. The summed E-state index contributed by atoms with van der Waals surface area (Å²) in [4.78, 5) is 1.79. The number of alkyl halides is 2. The van der Waals surface area contributed by atoms with Crippen LogP contribution in [0.4, 0.5) is 8.78 Å². The quantitative estimate of drug-likeness (QED) is 0.328. The van der Waals surface area contributed by atoms with E-state index in [-0.39, 0.29) is 13.2 Å². The summed E-state index contributed by atoms with van der Waals surface area (Å²) in [5.41, 5.74) is 1.39. The standard InChI is InChI=1S/C19H16Cl3F2N2O3Se/c20-13-3-1-12(2-4-13)11-29-17(15-6-5-14(21)9-16(15)22)10-25-7-8-26(18(23)24)19(25)30(27)28/h1-9,17-19H,10-11H2. The molecule has 2 atom stereocenters. The molecule has 0 saturated heterocycles. The second-order valence-electron chi connectivity index (χ2n) is 6.40. The molecule has 5 nitrogen and oxygen atoms in total. The van der Waals surface area contributed by atoms with Crippen LogP contribution in [0.3, 0.4) is 0 Å². The average Bonchev–Trinajstić information content (AvgIpc) is 3.11. The van der Waals surface area contributed by atoms with Crippen molar-refractivity contribution in [2.45, 2.75) is 24.3 Å². The van der Waals surface area contributed by atoms with E-state index in [1.54, 1.807) is 36.4 Å². The maximum absolute atomic E-state index is 13.2. The molecule has 0 spiro atoms. The van der Waals surface area contributed by atoms with Gasteiger partial charge in [-0.15, -0.1) is 0 Å². The van der Waals surface area contributed by atoms with Gasteiger partial charge in [0.15, 0.2) is 0 Å². The van der Waals surface area contributed by atoms with Crippen LogP contribution < -0.4 is 0 Å². The van der Waals surface area contributed by atoms with Gasteiger partial charge >= 0.3 is 191 Å². The van der Waals surface area contributed by atoms with Crippen LogP contribution in [0, 0.1) is 0 Å². The van der Waals surface area contributed by atoms with Crippen molar-refractivity contribution >= 4 is 48.6 Å². The number of benzene rings is 2. The average molecular weight is 544 g/mol. The molecular formula is C19H16Cl3F2N2O3Se. The summed E-state index contributed by atoms with van der Waals surface area (Å²) < 4.78 is 55.9. The first-order chi connectivity index (χ1) is 14.3. The first kappa shape index (κ1) is 23.3. The number of rotatable bonds is 8. The first-order valence-electron chi connectivity index (χ1n) is 8.65. The molecule has 0 bridgehead atoms. The van der Waals surface area contributed by atoms with Crippen molar-refractivity contribution in [2.24, 2.45) is 0 Å². The summed E-state index contributed by atoms with van der Waals surface area (Å²) in [5, 5.41) is -0.132. The number of hydrogen-bond acceptors (Lipinski definition) is 5. The van der Waals surface area contributed by atoms with Crippen molar-refractivity contribution in [3.8, 4) is 0 Å². The van der Waals surface area contributed by atoms with Crippen LogP contribution in [-0.4, -0.2) is 41.7 Å². The topological polar surface area (TPSA) is 49.9 Å². The van der Waals surface area contributed by atoms with E-state index in [9.17, 15) is 16.5 Å². The molecule has 0 saturated carbocycles. The molecule has 1 aliphatic heterocycles. The van der Waals surface area contributed by atoms with Gasteiger partial charge in [-0.3, -0.25) is 0 Å². The van der Waals surface area contributed by atoms with Gasteiger partial charge in [0.2, 0.25) is 0 Å². The first-order valence-corrected chi connectivity index (χ1v) is 12.2. The molecule has 30 heavy (non-hydrogen) atoms. The summed E-state index contributed by atoms with van der Waals surface area (Å²) >= 11 is 14.4. The van der Waals surface area contributed by atoms with Crippen molar-refractivity contribution in [1.82, 2.24) is 9.80 Å². The number of halogens is 5. The molecular weight excluding hydrogens is 528 g/mol. The van der Waals surface area contributed by atoms with Gasteiger partial charge in [0.1, 0.15) is 0 Å². The van der Waals surface area contributed by atoms with Crippen molar-refractivity contribution < 1.29 is 21.2 Å². The molecule has 11 heteroatoms. The van der Waals surface area contributed by atoms with E-state index in [0.29, 0.717) is 25.5 Å². The third-order valence-electron chi connectivity index (χ3n) is 4.42. The Morgan fingerprint density at radius 1 is 1.00 bits per heavy atom. The molecule has 0 aromatic heterocycles.